The number of ether oxygens (including phenoxy) is 1. The number of rotatable bonds is 2. The predicted molar refractivity (Wildman–Crippen MR) is 46.4 cm³/mol. The number of carboxylic acid groups (broad SMARTS) is 1. The number of esters is 1. The van der Waals surface area contributed by atoms with Crippen LogP contribution in [0.25, 0.3) is 0 Å². The van der Waals surface area contributed by atoms with Crippen molar-refractivity contribution in [2.45, 2.75) is 0 Å². The lowest BCUT2D eigenvalue weighted by Crippen LogP contribution is -2.09. The maximum absolute atomic E-state index is 11.1. The van der Waals surface area contributed by atoms with Gasteiger partial charge in [-0.2, -0.15) is 0 Å². The lowest BCUT2D eigenvalue weighted by molar-refractivity contribution is 0.0581. The summed E-state index contributed by atoms with van der Waals surface area (Å²) in [6.45, 7) is 0. The van der Waals surface area contributed by atoms with Gasteiger partial charge in [-0.25, -0.2) is 9.59 Å². The van der Waals surface area contributed by atoms with Crippen molar-refractivity contribution < 1.29 is 24.5 Å². The highest BCUT2D eigenvalue weighted by Crippen LogP contribution is 2.21. The number of carboxylic acids is 1. The van der Waals surface area contributed by atoms with Crippen LogP contribution in [0, 0.1) is 0 Å². The minimum Gasteiger partial charge on any atom is -0.507 e. The molecule has 0 spiro atoms. The summed E-state index contributed by atoms with van der Waals surface area (Å²) in [6, 6.07) is 3.83. The summed E-state index contributed by atoms with van der Waals surface area (Å²) in [5, 5.41) is 17.9. The smallest absolute Gasteiger partial charge is 0.340 e. The maximum Gasteiger partial charge on any atom is 0.340 e. The van der Waals surface area contributed by atoms with E-state index in [9.17, 15) is 14.7 Å². The van der Waals surface area contributed by atoms with Gasteiger partial charge in [-0.1, -0.05) is 6.07 Å². The molecule has 0 unspecified atom stereocenters. The zero-order valence-corrected chi connectivity index (χ0v) is 7.35. The summed E-state index contributed by atoms with van der Waals surface area (Å²) in [5.41, 5.74) is -0.612. The van der Waals surface area contributed by atoms with E-state index in [0.29, 0.717) is 0 Å². The van der Waals surface area contributed by atoms with E-state index < -0.39 is 23.3 Å². The number of carbonyl (C=O) groups excluding carboxylic acids is 1. The third-order valence-electron chi connectivity index (χ3n) is 1.66. The highest BCUT2D eigenvalue weighted by atomic mass is 16.5. The summed E-state index contributed by atoms with van der Waals surface area (Å²) in [4.78, 5) is 21.8. The third-order valence-corrected chi connectivity index (χ3v) is 1.66. The monoisotopic (exact) mass is 196 g/mol. The van der Waals surface area contributed by atoms with E-state index in [1.807, 2.05) is 0 Å². The molecule has 1 rings (SSSR count). The number of hydrogen-bond donors (Lipinski definition) is 2. The Morgan fingerprint density at radius 2 is 2.00 bits per heavy atom. The van der Waals surface area contributed by atoms with Gasteiger partial charge < -0.3 is 14.9 Å². The number of carbonyl (C=O) groups is 2. The van der Waals surface area contributed by atoms with Crippen LogP contribution in [0.4, 0.5) is 0 Å². The van der Waals surface area contributed by atoms with E-state index in [4.69, 9.17) is 5.11 Å². The molecule has 1 aromatic carbocycles. The summed E-state index contributed by atoms with van der Waals surface area (Å²) in [5.74, 6) is -2.62. The van der Waals surface area contributed by atoms with Crippen molar-refractivity contribution in [3.63, 3.8) is 0 Å². The fourth-order valence-electron chi connectivity index (χ4n) is 1.04. The summed E-state index contributed by atoms with van der Waals surface area (Å²) >= 11 is 0. The second kappa shape index (κ2) is 3.78. The molecule has 0 heterocycles. The van der Waals surface area contributed by atoms with Crippen LogP contribution in [0.1, 0.15) is 20.7 Å². The SMILES string of the molecule is COC(=O)c1cccc(O)c1C(=O)O. The van der Waals surface area contributed by atoms with Gasteiger partial charge in [0.05, 0.1) is 12.7 Å². The van der Waals surface area contributed by atoms with Crippen molar-refractivity contribution >= 4 is 11.9 Å². The first-order valence-corrected chi connectivity index (χ1v) is 3.71. The summed E-state index contributed by atoms with van der Waals surface area (Å²) in [7, 11) is 1.14. The lowest BCUT2D eigenvalue weighted by atomic mass is 10.1. The second-order valence-corrected chi connectivity index (χ2v) is 2.50. The van der Waals surface area contributed by atoms with Crippen molar-refractivity contribution in [3.05, 3.63) is 29.3 Å². The predicted octanol–water partition coefficient (Wildman–Crippen LogP) is 0.877. The normalized spacial score (nSPS) is 9.50. The van der Waals surface area contributed by atoms with E-state index in [2.05, 4.69) is 4.74 Å². The fourth-order valence-corrected chi connectivity index (χ4v) is 1.04. The number of aromatic carboxylic acids is 1. The average molecular weight is 196 g/mol. The first-order valence-electron chi connectivity index (χ1n) is 3.71. The topological polar surface area (TPSA) is 83.8 Å². The number of phenols is 1. The Hall–Kier alpha value is -2.04. The first kappa shape index (κ1) is 10.0. The van der Waals surface area contributed by atoms with Gasteiger partial charge in [-0.15, -0.1) is 0 Å². The van der Waals surface area contributed by atoms with E-state index in [1.54, 1.807) is 0 Å². The van der Waals surface area contributed by atoms with Crippen molar-refractivity contribution in [3.8, 4) is 5.75 Å². The van der Waals surface area contributed by atoms with Crippen LogP contribution in [0.5, 0.6) is 5.75 Å². The van der Waals surface area contributed by atoms with Gasteiger partial charge in [0.2, 0.25) is 0 Å². The van der Waals surface area contributed by atoms with Crippen molar-refractivity contribution in [1.29, 1.82) is 0 Å². The minimum atomic E-state index is -1.37. The van der Waals surface area contributed by atoms with Crippen molar-refractivity contribution in [2.24, 2.45) is 0 Å². The fraction of sp³-hybridized carbons (Fsp3) is 0.111. The van der Waals surface area contributed by atoms with Crippen LogP contribution in [-0.2, 0) is 4.74 Å². The average Bonchev–Trinajstić information content (AvgIpc) is 2.15. The van der Waals surface area contributed by atoms with Crippen LogP contribution >= 0.6 is 0 Å². The first-order chi connectivity index (χ1) is 6.57. The summed E-state index contributed by atoms with van der Waals surface area (Å²) in [6.07, 6.45) is 0. The molecule has 1 aromatic rings. The largest absolute Gasteiger partial charge is 0.507 e. The Balaban J connectivity index is 3.35. The lowest BCUT2D eigenvalue weighted by Gasteiger charge is -2.04. The van der Waals surface area contributed by atoms with E-state index in [-0.39, 0.29) is 5.56 Å². The number of hydrogen-bond acceptors (Lipinski definition) is 4. The van der Waals surface area contributed by atoms with Crippen molar-refractivity contribution in [2.75, 3.05) is 7.11 Å². The van der Waals surface area contributed by atoms with Gasteiger partial charge in [0.15, 0.2) is 0 Å². The number of benzene rings is 1. The Morgan fingerprint density at radius 3 is 2.50 bits per heavy atom. The highest BCUT2D eigenvalue weighted by molar-refractivity contribution is 6.04. The molecule has 0 bridgehead atoms. The van der Waals surface area contributed by atoms with E-state index in [0.717, 1.165) is 7.11 Å². The van der Waals surface area contributed by atoms with Crippen LogP contribution < -0.4 is 0 Å². The maximum atomic E-state index is 11.1. The molecule has 5 nitrogen and oxygen atoms in total. The molecule has 0 saturated heterocycles. The molecule has 0 aliphatic heterocycles. The third kappa shape index (κ3) is 1.66. The molecule has 0 radical (unpaired) electrons. The van der Waals surface area contributed by atoms with Gasteiger partial charge >= 0.3 is 11.9 Å². The summed E-state index contributed by atoms with van der Waals surface area (Å²) < 4.78 is 4.37. The van der Waals surface area contributed by atoms with Gasteiger partial charge in [0.25, 0.3) is 0 Å². The molecular formula is C9H8O5. The Morgan fingerprint density at radius 1 is 1.36 bits per heavy atom. The molecule has 2 N–H and O–H groups in total. The highest BCUT2D eigenvalue weighted by Gasteiger charge is 2.20. The van der Waals surface area contributed by atoms with Gasteiger partial charge in [0, 0.05) is 0 Å². The van der Waals surface area contributed by atoms with Crippen LogP contribution in [-0.4, -0.2) is 29.3 Å². The van der Waals surface area contributed by atoms with E-state index in [1.165, 1.54) is 18.2 Å². The van der Waals surface area contributed by atoms with Gasteiger partial charge in [-0.05, 0) is 12.1 Å². The molecule has 0 fully saturated rings. The van der Waals surface area contributed by atoms with E-state index >= 15 is 0 Å². The zero-order chi connectivity index (χ0) is 10.7. The van der Waals surface area contributed by atoms with Crippen LogP contribution in [0.3, 0.4) is 0 Å². The zero-order valence-electron chi connectivity index (χ0n) is 7.35. The van der Waals surface area contributed by atoms with Crippen LogP contribution in [0.15, 0.2) is 18.2 Å². The molecule has 14 heavy (non-hydrogen) atoms. The molecule has 74 valence electrons. The number of aromatic hydroxyl groups is 1. The molecule has 0 aromatic heterocycles. The Kier molecular flexibility index (Phi) is 2.71. The molecule has 0 saturated carbocycles. The molecule has 0 aliphatic rings. The Bertz CT molecular complexity index is 383. The number of methoxy groups -OCH3 is 1. The molecular weight excluding hydrogens is 188 g/mol. The minimum absolute atomic E-state index is 0.167. The molecule has 0 amide bonds. The van der Waals surface area contributed by atoms with Gasteiger partial charge in [-0.3, -0.25) is 0 Å². The second-order valence-electron chi connectivity index (χ2n) is 2.50. The van der Waals surface area contributed by atoms with Crippen LogP contribution in [0.2, 0.25) is 0 Å². The van der Waals surface area contributed by atoms with Crippen molar-refractivity contribution in [1.82, 2.24) is 0 Å². The molecule has 0 atom stereocenters. The quantitative estimate of drug-likeness (QED) is 0.686. The van der Waals surface area contributed by atoms with Gasteiger partial charge in [0.1, 0.15) is 11.3 Å². The Labute approximate surface area is 79.6 Å². The standard InChI is InChI=1S/C9H8O5/c1-14-9(13)5-3-2-4-6(10)7(5)8(11)12/h2-4,10H,1H3,(H,11,12). The molecule has 5 heteroatoms. The molecule has 0 aliphatic carbocycles.